The van der Waals surface area contributed by atoms with Crippen molar-refractivity contribution in [2.75, 3.05) is 12.4 Å². The van der Waals surface area contributed by atoms with Gasteiger partial charge in [-0.2, -0.15) is 5.26 Å². The number of thiophene rings is 1. The summed E-state index contributed by atoms with van der Waals surface area (Å²) in [5.74, 6) is 0.245. The van der Waals surface area contributed by atoms with Gasteiger partial charge in [-0.05, 0) is 36.1 Å². The van der Waals surface area contributed by atoms with Crippen LogP contribution in [0, 0.1) is 18.3 Å². The van der Waals surface area contributed by atoms with Crippen molar-refractivity contribution in [2.45, 2.75) is 6.92 Å². The van der Waals surface area contributed by atoms with Crippen LogP contribution in [0.4, 0.5) is 5.69 Å². The number of anilines is 1. The average molecular weight is 272 g/mol. The second kappa shape index (κ2) is 5.55. The molecule has 2 aromatic rings. The highest BCUT2D eigenvalue weighted by Crippen LogP contribution is 2.29. The molecule has 0 saturated carbocycles. The quantitative estimate of drug-likeness (QED) is 0.933. The maximum Gasteiger partial charge on any atom is 0.266 e. The summed E-state index contributed by atoms with van der Waals surface area (Å²) in [5, 5.41) is 13.7. The van der Waals surface area contributed by atoms with Crippen molar-refractivity contribution in [3.05, 3.63) is 45.6 Å². The summed E-state index contributed by atoms with van der Waals surface area (Å²) in [6.45, 7) is 1.87. The Labute approximate surface area is 115 Å². The van der Waals surface area contributed by atoms with Gasteiger partial charge in [0.15, 0.2) is 0 Å². The first kappa shape index (κ1) is 13.1. The first-order valence-electron chi connectivity index (χ1n) is 5.60. The molecule has 0 spiro atoms. The monoisotopic (exact) mass is 272 g/mol. The van der Waals surface area contributed by atoms with Crippen molar-refractivity contribution >= 4 is 22.9 Å². The highest BCUT2D eigenvalue weighted by atomic mass is 32.1. The second-order valence-electron chi connectivity index (χ2n) is 3.88. The molecule has 0 fully saturated rings. The Bertz CT molecular complexity index is 656. The maximum absolute atomic E-state index is 12.2. The van der Waals surface area contributed by atoms with Gasteiger partial charge in [0.2, 0.25) is 0 Å². The molecule has 1 N–H and O–H groups in total. The average Bonchev–Trinajstić information content (AvgIpc) is 2.85. The number of amides is 1. The highest BCUT2D eigenvalue weighted by Gasteiger charge is 2.15. The van der Waals surface area contributed by atoms with E-state index in [9.17, 15) is 4.79 Å². The molecule has 0 atom stereocenters. The fourth-order valence-corrected chi connectivity index (χ4v) is 2.52. The largest absolute Gasteiger partial charge is 0.495 e. The molecule has 0 radical (unpaired) electrons. The number of nitrogens with zero attached hydrogens (tertiary/aromatic N) is 1. The summed E-state index contributed by atoms with van der Waals surface area (Å²) >= 11 is 1.37. The summed E-state index contributed by atoms with van der Waals surface area (Å²) < 4.78 is 5.17. The number of benzene rings is 1. The zero-order valence-corrected chi connectivity index (χ0v) is 11.4. The van der Waals surface area contributed by atoms with Crippen molar-refractivity contribution in [3.8, 4) is 11.8 Å². The molecule has 0 aliphatic heterocycles. The summed E-state index contributed by atoms with van der Waals surface area (Å²) in [6, 6.07) is 8.98. The Hall–Kier alpha value is -2.32. The molecule has 96 valence electrons. The SMILES string of the molecule is COc1cccc(C#N)c1NC(=O)c1sccc1C. The Kier molecular flexibility index (Phi) is 3.83. The molecule has 0 aliphatic rings. The Morgan fingerprint density at radius 1 is 1.42 bits per heavy atom. The van der Waals surface area contributed by atoms with Crippen LogP contribution in [-0.4, -0.2) is 13.0 Å². The Morgan fingerprint density at radius 2 is 2.21 bits per heavy atom. The van der Waals surface area contributed by atoms with Gasteiger partial charge in [-0.1, -0.05) is 6.07 Å². The predicted octanol–water partition coefficient (Wildman–Crippen LogP) is 3.19. The van der Waals surface area contributed by atoms with E-state index in [4.69, 9.17) is 10.00 Å². The highest BCUT2D eigenvalue weighted by molar-refractivity contribution is 7.12. The van der Waals surface area contributed by atoms with Gasteiger partial charge in [0, 0.05) is 0 Å². The number of aryl methyl sites for hydroxylation is 1. The number of nitriles is 1. The minimum atomic E-state index is -0.228. The van der Waals surface area contributed by atoms with Crippen molar-refractivity contribution in [1.29, 1.82) is 5.26 Å². The van der Waals surface area contributed by atoms with Crippen molar-refractivity contribution in [1.82, 2.24) is 0 Å². The number of para-hydroxylation sites is 1. The third-order valence-corrected chi connectivity index (χ3v) is 3.69. The van der Waals surface area contributed by atoms with Crippen molar-refractivity contribution in [2.24, 2.45) is 0 Å². The molecule has 0 unspecified atom stereocenters. The van der Waals surface area contributed by atoms with E-state index in [1.807, 2.05) is 24.4 Å². The van der Waals surface area contributed by atoms with Crippen LogP contribution in [-0.2, 0) is 0 Å². The molecule has 4 nitrogen and oxygen atoms in total. The van der Waals surface area contributed by atoms with Gasteiger partial charge < -0.3 is 10.1 Å². The van der Waals surface area contributed by atoms with Crippen molar-refractivity contribution < 1.29 is 9.53 Å². The van der Waals surface area contributed by atoms with Gasteiger partial charge in [-0.25, -0.2) is 0 Å². The van der Waals surface area contributed by atoms with Gasteiger partial charge in [0.1, 0.15) is 17.5 Å². The number of carbonyl (C=O) groups is 1. The lowest BCUT2D eigenvalue weighted by Crippen LogP contribution is -2.13. The Morgan fingerprint density at radius 3 is 2.79 bits per heavy atom. The number of hydrogen-bond donors (Lipinski definition) is 1. The smallest absolute Gasteiger partial charge is 0.266 e. The van der Waals surface area contributed by atoms with Gasteiger partial charge in [-0.3, -0.25) is 4.79 Å². The van der Waals surface area contributed by atoms with Gasteiger partial charge in [0.05, 0.1) is 17.6 Å². The van der Waals surface area contributed by atoms with E-state index in [0.717, 1.165) is 5.56 Å². The van der Waals surface area contributed by atoms with Gasteiger partial charge >= 0.3 is 0 Å². The molecule has 1 amide bonds. The first-order chi connectivity index (χ1) is 9.17. The summed E-state index contributed by atoms with van der Waals surface area (Å²) in [5.41, 5.74) is 1.70. The van der Waals surface area contributed by atoms with Crippen LogP contribution in [0.2, 0.25) is 0 Å². The van der Waals surface area contributed by atoms with E-state index in [2.05, 4.69) is 5.32 Å². The van der Waals surface area contributed by atoms with Crippen molar-refractivity contribution in [3.63, 3.8) is 0 Å². The molecule has 0 saturated heterocycles. The number of methoxy groups -OCH3 is 1. The minimum absolute atomic E-state index is 0.228. The molecule has 1 heterocycles. The molecular formula is C14H12N2O2S. The van der Waals surface area contributed by atoms with E-state index in [1.54, 1.807) is 18.2 Å². The first-order valence-corrected chi connectivity index (χ1v) is 6.48. The van der Waals surface area contributed by atoms with E-state index in [0.29, 0.717) is 21.9 Å². The number of nitrogens with one attached hydrogen (secondary N) is 1. The lowest BCUT2D eigenvalue weighted by Gasteiger charge is -2.11. The van der Waals surface area contributed by atoms with E-state index >= 15 is 0 Å². The van der Waals surface area contributed by atoms with Crippen LogP contribution in [0.15, 0.2) is 29.6 Å². The molecular weight excluding hydrogens is 260 g/mol. The third kappa shape index (κ3) is 2.59. The number of ether oxygens (including phenoxy) is 1. The maximum atomic E-state index is 12.2. The standard InChI is InChI=1S/C14H12N2O2S/c1-9-6-7-19-13(9)14(17)16-12-10(8-15)4-3-5-11(12)18-2/h3-7H,1-2H3,(H,16,17). The topological polar surface area (TPSA) is 62.1 Å². The van der Waals surface area contributed by atoms with Crippen LogP contribution in [0.5, 0.6) is 5.75 Å². The fraction of sp³-hybridized carbons (Fsp3) is 0.143. The lowest BCUT2D eigenvalue weighted by molar-refractivity contribution is 0.102. The molecule has 0 aliphatic carbocycles. The van der Waals surface area contributed by atoms with Crippen LogP contribution < -0.4 is 10.1 Å². The van der Waals surface area contributed by atoms with Gasteiger partial charge in [-0.15, -0.1) is 11.3 Å². The van der Waals surface area contributed by atoms with E-state index < -0.39 is 0 Å². The second-order valence-corrected chi connectivity index (χ2v) is 4.80. The molecule has 2 rings (SSSR count). The van der Waals surface area contributed by atoms with E-state index in [-0.39, 0.29) is 5.91 Å². The predicted molar refractivity (Wildman–Crippen MR) is 74.7 cm³/mol. The van der Waals surface area contributed by atoms with Crippen LogP contribution in [0.1, 0.15) is 20.8 Å². The van der Waals surface area contributed by atoms with Crippen LogP contribution in [0.25, 0.3) is 0 Å². The minimum Gasteiger partial charge on any atom is -0.495 e. The molecule has 1 aromatic carbocycles. The number of rotatable bonds is 3. The zero-order chi connectivity index (χ0) is 13.8. The third-order valence-electron chi connectivity index (χ3n) is 2.67. The summed E-state index contributed by atoms with van der Waals surface area (Å²) in [7, 11) is 1.50. The van der Waals surface area contributed by atoms with Gasteiger partial charge in [0.25, 0.3) is 5.91 Å². The number of carbonyl (C=O) groups excluding carboxylic acids is 1. The van der Waals surface area contributed by atoms with Crippen LogP contribution >= 0.6 is 11.3 Å². The number of hydrogen-bond acceptors (Lipinski definition) is 4. The molecule has 0 bridgehead atoms. The van der Waals surface area contributed by atoms with E-state index in [1.165, 1.54) is 18.4 Å². The summed E-state index contributed by atoms with van der Waals surface area (Å²) in [4.78, 5) is 12.8. The lowest BCUT2D eigenvalue weighted by atomic mass is 10.1. The van der Waals surface area contributed by atoms with Crippen LogP contribution in [0.3, 0.4) is 0 Å². The molecule has 5 heteroatoms. The molecule has 19 heavy (non-hydrogen) atoms. The summed E-state index contributed by atoms with van der Waals surface area (Å²) in [6.07, 6.45) is 0. The zero-order valence-electron chi connectivity index (χ0n) is 10.6. The normalized spacial score (nSPS) is 9.74. The molecule has 1 aromatic heterocycles. The fourth-order valence-electron chi connectivity index (χ4n) is 1.70. The Balaban J connectivity index is 2.36.